The Morgan fingerprint density at radius 2 is 1.33 bits per heavy atom. The average molecular weight is 565 g/mol. The van der Waals surface area contributed by atoms with E-state index in [4.69, 9.17) is 4.74 Å². The first-order valence-corrected chi connectivity index (χ1v) is 14.0. The second kappa shape index (κ2) is 11.7. The van der Waals surface area contributed by atoms with E-state index in [1.807, 2.05) is 54.6 Å². The molecule has 0 saturated heterocycles. The fourth-order valence-corrected chi connectivity index (χ4v) is 4.70. The number of nitrogens with one attached hydrogen (secondary N) is 1. The van der Waals surface area contributed by atoms with Crippen LogP contribution in [0, 0.1) is 0 Å². The molecule has 1 heterocycles. The van der Waals surface area contributed by atoms with Gasteiger partial charge in [-0.25, -0.2) is 8.78 Å². The molecule has 4 nitrogen and oxygen atoms in total. The normalized spacial score (nSPS) is 11.9. The summed E-state index contributed by atoms with van der Waals surface area (Å²) in [4.78, 5) is 17.2. The van der Waals surface area contributed by atoms with Crippen LogP contribution in [0.5, 0.6) is 11.5 Å². The number of halogens is 2. The van der Waals surface area contributed by atoms with Gasteiger partial charge in [-0.2, -0.15) is 0 Å². The molecule has 0 aliphatic carbocycles. The Hall–Kier alpha value is -4.58. The molecule has 0 radical (unpaired) electrons. The number of hydrogen-bond donors (Lipinski definition) is 1. The number of pyridine rings is 1. The van der Waals surface area contributed by atoms with Crippen molar-refractivity contribution in [3.05, 3.63) is 126 Å². The molecule has 1 amide bonds. The summed E-state index contributed by atoms with van der Waals surface area (Å²) in [5, 5.41) is 4.73. The molecule has 0 atom stereocenters. The number of fused-ring (bicyclic) bond motifs is 1. The highest BCUT2D eigenvalue weighted by molar-refractivity contribution is 5.96. The van der Waals surface area contributed by atoms with Crippen LogP contribution in [0.4, 0.5) is 8.78 Å². The number of amides is 1. The monoisotopic (exact) mass is 564 g/mol. The first-order valence-electron chi connectivity index (χ1n) is 14.0. The van der Waals surface area contributed by atoms with E-state index in [-0.39, 0.29) is 16.9 Å². The van der Waals surface area contributed by atoms with Gasteiger partial charge in [-0.1, -0.05) is 81.4 Å². The Morgan fingerprint density at radius 3 is 1.95 bits per heavy atom. The summed E-state index contributed by atoms with van der Waals surface area (Å²) in [6, 6.07) is 29.8. The molecule has 1 aromatic heterocycles. The number of carbonyl (C=O) groups is 1. The maximum absolute atomic E-state index is 13.5. The largest absolute Gasteiger partial charge is 0.457 e. The van der Waals surface area contributed by atoms with Crippen LogP contribution in [-0.4, -0.2) is 17.4 Å². The molecular formula is C36H34F2N2O2. The van der Waals surface area contributed by atoms with Crippen molar-refractivity contribution in [3.63, 3.8) is 0 Å². The maximum atomic E-state index is 13.5. The number of hydrogen-bond acceptors (Lipinski definition) is 3. The minimum Gasteiger partial charge on any atom is -0.457 e. The number of rotatable bonds is 8. The van der Waals surface area contributed by atoms with Gasteiger partial charge in [0.2, 0.25) is 0 Å². The molecule has 0 unspecified atom stereocenters. The second-order valence-corrected chi connectivity index (χ2v) is 11.6. The van der Waals surface area contributed by atoms with Gasteiger partial charge in [-0.15, -0.1) is 0 Å². The fraction of sp³-hybridized carbons (Fsp3) is 0.222. The van der Waals surface area contributed by atoms with Gasteiger partial charge in [0.25, 0.3) is 11.8 Å². The van der Waals surface area contributed by atoms with Crippen molar-refractivity contribution in [1.29, 1.82) is 0 Å². The molecule has 0 aliphatic rings. The van der Waals surface area contributed by atoms with Crippen molar-refractivity contribution in [1.82, 2.24) is 10.3 Å². The second-order valence-electron chi connectivity index (χ2n) is 11.6. The van der Waals surface area contributed by atoms with Crippen molar-refractivity contribution in [3.8, 4) is 22.6 Å². The molecule has 42 heavy (non-hydrogen) atoms. The van der Waals surface area contributed by atoms with Gasteiger partial charge in [-0.3, -0.25) is 9.78 Å². The zero-order chi connectivity index (χ0) is 29.9. The molecule has 5 aromatic rings. The molecule has 4 aromatic carbocycles. The Balaban J connectivity index is 1.18. The highest BCUT2D eigenvalue weighted by atomic mass is 19.3. The molecule has 0 spiro atoms. The number of benzene rings is 4. The molecule has 0 aliphatic heterocycles. The molecule has 214 valence electrons. The zero-order valence-electron chi connectivity index (χ0n) is 24.2. The van der Waals surface area contributed by atoms with Crippen molar-refractivity contribution in [2.75, 3.05) is 6.54 Å². The third-order valence-electron chi connectivity index (χ3n) is 7.26. The van der Waals surface area contributed by atoms with Crippen LogP contribution >= 0.6 is 0 Å². The zero-order valence-corrected chi connectivity index (χ0v) is 24.2. The molecule has 5 rings (SSSR count). The number of ether oxygens (including phenoxy) is 1. The summed E-state index contributed by atoms with van der Waals surface area (Å²) < 4.78 is 33.0. The maximum Gasteiger partial charge on any atom is 0.270 e. The van der Waals surface area contributed by atoms with Crippen LogP contribution in [-0.2, 0) is 17.8 Å². The minimum atomic E-state index is -2.86. The number of alkyl halides is 2. The molecule has 0 fully saturated rings. The SMILES string of the molecule is CC(C)(C)c1ccc(Oc2ccc3cnc(C(=O)NCCc4ccc(-c5ccc(C(C)(F)F)cc5)cc4)cc3c2)cc1. The van der Waals surface area contributed by atoms with Gasteiger partial charge in [-0.05, 0) is 75.9 Å². The Morgan fingerprint density at radius 1 is 0.738 bits per heavy atom. The van der Waals surface area contributed by atoms with E-state index in [1.165, 1.54) is 17.7 Å². The Kier molecular flexibility index (Phi) is 8.08. The fourth-order valence-electron chi connectivity index (χ4n) is 4.70. The Labute approximate surface area is 245 Å². The minimum absolute atomic E-state index is 0.00445. The predicted octanol–water partition coefficient (Wildman–Crippen LogP) is 9.08. The highest BCUT2D eigenvalue weighted by Gasteiger charge is 2.23. The predicted molar refractivity (Wildman–Crippen MR) is 164 cm³/mol. The van der Waals surface area contributed by atoms with Crippen LogP contribution in [0.1, 0.15) is 54.9 Å². The topological polar surface area (TPSA) is 51.2 Å². The van der Waals surface area contributed by atoms with Gasteiger partial charge in [0.05, 0.1) is 0 Å². The Bertz CT molecular complexity index is 1680. The molecule has 6 heteroatoms. The van der Waals surface area contributed by atoms with E-state index in [2.05, 4.69) is 43.2 Å². The first-order chi connectivity index (χ1) is 20.0. The lowest BCUT2D eigenvalue weighted by Gasteiger charge is -2.19. The van der Waals surface area contributed by atoms with Crippen molar-refractivity contribution in [2.45, 2.75) is 45.5 Å². The van der Waals surface area contributed by atoms with Gasteiger partial charge in [0.1, 0.15) is 17.2 Å². The van der Waals surface area contributed by atoms with Gasteiger partial charge in [0.15, 0.2) is 0 Å². The lowest BCUT2D eigenvalue weighted by molar-refractivity contribution is 0.0175. The van der Waals surface area contributed by atoms with E-state index in [9.17, 15) is 13.6 Å². The summed E-state index contributed by atoms with van der Waals surface area (Å²) in [5.74, 6) is -1.66. The first kappa shape index (κ1) is 28.9. The van der Waals surface area contributed by atoms with E-state index < -0.39 is 5.92 Å². The summed E-state index contributed by atoms with van der Waals surface area (Å²) >= 11 is 0. The molecule has 0 bridgehead atoms. The van der Waals surface area contributed by atoms with Crippen LogP contribution < -0.4 is 10.1 Å². The average Bonchev–Trinajstić information content (AvgIpc) is 2.96. The van der Waals surface area contributed by atoms with Gasteiger partial charge < -0.3 is 10.1 Å². The number of carbonyl (C=O) groups excluding carboxylic acids is 1. The standard InChI is InChI=1S/C36H34F2N2O2/c1-35(2,3)29-14-17-31(18-15-29)42-32-16-11-27-23-40-33(22-28(27)21-32)34(41)39-20-19-24-5-7-25(8-6-24)26-9-12-30(13-10-26)36(4,37)38/h5-18,21-23H,19-20H2,1-4H3,(H,39,41). The molecule has 1 N–H and O–H groups in total. The smallest absolute Gasteiger partial charge is 0.270 e. The lowest BCUT2D eigenvalue weighted by atomic mass is 9.87. The van der Waals surface area contributed by atoms with Crippen molar-refractivity contribution in [2.24, 2.45) is 0 Å². The summed E-state index contributed by atoms with van der Waals surface area (Å²) in [5.41, 5.74) is 4.52. The van der Waals surface area contributed by atoms with Gasteiger partial charge >= 0.3 is 0 Å². The number of aromatic nitrogens is 1. The van der Waals surface area contributed by atoms with Crippen LogP contribution in [0.2, 0.25) is 0 Å². The van der Waals surface area contributed by atoms with E-state index in [0.29, 0.717) is 24.4 Å². The quantitative estimate of drug-likeness (QED) is 0.205. The highest BCUT2D eigenvalue weighted by Crippen LogP contribution is 2.30. The van der Waals surface area contributed by atoms with E-state index in [0.717, 1.165) is 40.1 Å². The number of nitrogens with zero attached hydrogens (tertiary/aromatic N) is 1. The lowest BCUT2D eigenvalue weighted by Crippen LogP contribution is -2.26. The summed E-state index contributed by atoms with van der Waals surface area (Å²) in [6.07, 6.45) is 2.34. The van der Waals surface area contributed by atoms with Crippen LogP contribution in [0.15, 0.2) is 103 Å². The third-order valence-corrected chi connectivity index (χ3v) is 7.26. The van der Waals surface area contributed by atoms with Crippen LogP contribution in [0.3, 0.4) is 0 Å². The summed E-state index contributed by atoms with van der Waals surface area (Å²) in [7, 11) is 0. The molecule has 0 saturated carbocycles. The third kappa shape index (κ3) is 7.00. The van der Waals surface area contributed by atoms with Crippen molar-refractivity contribution < 1.29 is 18.3 Å². The molecular weight excluding hydrogens is 530 g/mol. The van der Waals surface area contributed by atoms with Gasteiger partial charge in [0, 0.05) is 30.6 Å². The van der Waals surface area contributed by atoms with Crippen molar-refractivity contribution >= 4 is 16.7 Å². The van der Waals surface area contributed by atoms with E-state index >= 15 is 0 Å². The van der Waals surface area contributed by atoms with Crippen LogP contribution in [0.25, 0.3) is 21.9 Å². The summed E-state index contributed by atoms with van der Waals surface area (Å²) in [6.45, 7) is 7.87. The van der Waals surface area contributed by atoms with E-state index in [1.54, 1.807) is 24.4 Å².